The zero-order valence-electron chi connectivity index (χ0n) is 19.7. The maximum Gasteiger partial charge on any atom is 0.391 e. The summed E-state index contributed by atoms with van der Waals surface area (Å²) in [7, 11) is -2.55. The number of methoxy groups -OCH3 is 1. The Bertz CT molecular complexity index is 1640. The first-order valence-electron chi connectivity index (χ1n) is 11.3. The number of alkyl halides is 3. The summed E-state index contributed by atoms with van der Waals surface area (Å²) >= 11 is 0. The van der Waals surface area contributed by atoms with Crippen molar-refractivity contribution in [2.45, 2.75) is 36.8 Å². The minimum absolute atomic E-state index is 0.0146. The third-order valence-electron chi connectivity index (χ3n) is 6.70. The molecule has 0 saturated heterocycles. The molecule has 1 aliphatic carbocycles. The van der Waals surface area contributed by atoms with Crippen molar-refractivity contribution in [3.8, 4) is 11.4 Å². The van der Waals surface area contributed by atoms with E-state index >= 15 is 0 Å². The standard InChI is InChI=1S/C25H22F3N3O5S/c1-14-9-21(22(35-2)13-19(14)16-10-17(11-16)25(26,27)28)31-20-5-4-18(12-15(20)3-6-24(31)32)37(33,34)30-23-7-8-36-29-23/h3-9,12-13,16-17H,10-11H2,1-2H3,(H,29,30)/t16-,17-. The Morgan fingerprint density at radius 3 is 2.51 bits per heavy atom. The fourth-order valence-corrected chi connectivity index (χ4v) is 5.73. The van der Waals surface area contributed by atoms with Gasteiger partial charge >= 0.3 is 6.18 Å². The van der Waals surface area contributed by atoms with Crippen LogP contribution in [0.4, 0.5) is 19.0 Å². The van der Waals surface area contributed by atoms with Gasteiger partial charge in [-0.05, 0) is 73.2 Å². The molecule has 1 aliphatic rings. The Kier molecular flexibility index (Phi) is 6.01. The van der Waals surface area contributed by atoms with Crippen molar-refractivity contribution in [1.82, 2.24) is 9.72 Å². The molecule has 0 bridgehead atoms. The van der Waals surface area contributed by atoms with Crippen LogP contribution in [-0.4, -0.2) is 31.4 Å². The fourth-order valence-electron chi connectivity index (χ4n) is 4.71. The normalized spacial score (nSPS) is 18.0. The molecule has 8 nitrogen and oxygen atoms in total. The SMILES string of the molecule is COc1cc([C@H]2C[C@H](C(F)(F)F)C2)c(C)cc1-n1c(=O)ccc2cc(S(=O)(=O)Nc3ccon3)ccc21. The minimum Gasteiger partial charge on any atom is -0.495 e. The van der Waals surface area contributed by atoms with Crippen molar-refractivity contribution < 1.29 is 30.8 Å². The van der Waals surface area contributed by atoms with Crippen molar-refractivity contribution in [2.24, 2.45) is 5.92 Å². The van der Waals surface area contributed by atoms with Crippen LogP contribution in [0.5, 0.6) is 5.75 Å². The Labute approximate surface area is 209 Å². The van der Waals surface area contributed by atoms with Crippen LogP contribution in [0.15, 0.2) is 69.0 Å². The van der Waals surface area contributed by atoms with Crippen molar-refractivity contribution in [2.75, 3.05) is 11.8 Å². The van der Waals surface area contributed by atoms with E-state index in [0.29, 0.717) is 22.3 Å². The van der Waals surface area contributed by atoms with Crippen LogP contribution in [0.2, 0.25) is 0 Å². The van der Waals surface area contributed by atoms with Crippen LogP contribution < -0.4 is 15.0 Å². The second-order valence-electron chi connectivity index (χ2n) is 9.01. The highest BCUT2D eigenvalue weighted by Gasteiger charge is 2.48. The Balaban J connectivity index is 1.55. The summed E-state index contributed by atoms with van der Waals surface area (Å²) in [6, 6.07) is 11.9. The number of pyridine rings is 1. The lowest BCUT2D eigenvalue weighted by molar-refractivity contribution is -0.197. The quantitative estimate of drug-likeness (QED) is 0.368. The van der Waals surface area contributed by atoms with Gasteiger partial charge in [0.25, 0.3) is 15.6 Å². The zero-order chi connectivity index (χ0) is 26.5. The van der Waals surface area contributed by atoms with Crippen molar-refractivity contribution in [1.29, 1.82) is 0 Å². The number of halogens is 3. The summed E-state index contributed by atoms with van der Waals surface area (Å²) in [6.45, 7) is 1.79. The fraction of sp³-hybridized carbons (Fsp3) is 0.280. The lowest BCUT2D eigenvalue weighted by atomic mass is 9.70. The number of hydrogen-bond donors (Lipinski definition) is 1. The molecule has 0 atom stereocenters. The van der Waals surface area contributed by atoms with E-state index in [1.807, 2.05) is 0 Å². The van der Waals surface area contributed by atoms with Crippen LogP contribution in [-0.2, 0) is 10.0 Å². The smallest absolute Gasteiger partial charge is 0.391 e. The van der Waals surface area contributed by atoms with E-state index in [1.165, 1.54) is 54.3 Å². The van der Waals surface area contributed by atoms with Crippen LogP contribution in [0, 0.1) is 12.8 Å². The molecule has 1 fully saturated rings. The number of nitrogens with zero attached hydrogens (tertiary/aromatic N) is 2. The molecule has 2 aromatic heterocycles. The summed E-state index contributed by atoms with van der Waals surface area (Å²) in [5.74, 6) is -1.20. The molecular formula is C25H22F3N3O5S. The number of aryl methyl sites for hydroxylation is 1. The maximum atomic E-state index is 13.0. The second kappa shape index (κ2) is 8.94. The maximum absolute atomic E-state index is 13.0. The minimum atomic E-state index is -4.21. The van der Waals surface area contributed by atoms with Gasteiger partial charge in [0.2, 0.25) is 0 Å². The first-order valence-corrected chi connectivity index (χ1v) is 12.8. The Morgan fingerprint density at radius 1 is 1.11 bits per heavy atom. The van der Waals surface area contributed by atoms with E-state index in [2.05, 4.69) is 14.4 Å². The van der Waals surface area contributed by atoms with Gasteiger partial charge in [-0.2, -0.15) is 13.2 Å². The van der Waals surface area contributed by atoms with Crippen LogP contribution in [0.25, 0.3) is 16.6 Å². The Hall–Kier alpha value is -3.80. The Morgan fingerprint density at radius 2 is 1.86 bits per heavy atom. The highest BCUT2D eigenvalue weighted by atomic mass is 32.2. The highest BCUT2D eigenvalue weighted by Crippen LogP contribution is 2.51. The largest absolute Gasteiger partial charge is 0.495 e. The van der Waals surface area contributed by atoms with Gasteiger partial charge in [0.15, 0.2) is 5.82 Å². The lowest BCUT2D eigenvalue weighted by Crippen LogP contribution is -2.34. The molecule has 0 radical (unpaired) electrons. The van der Waals surface area contributed by atoms with E-state index in [4.69, 9.17) is 4.74 Å². The predicted octanol–water partition coefficient (Wildman–Crippen LogP) is 5.15. The molecule has 0 unspecified atom stereocenters. The van der Waals surface area contributed by atoms with Gasteiger partial charge in [-0.25, -0.2) is 8.42 Å². The van der Waals surface area contributed by atoms with Crippen LogP contribution in [0.3, 0.4) is 0 Å². The summed E-state index contributed by atoms with van der Waals surface area (Å²) in [5.41, 5.74) is 1.94. The number of fused-ring (bicyclic) bond motifs is 1. The molecule has 194 valence electrons. The topological polar surface area (TPSA) is 103 Å². The zero-order valence-corrected chi connectivity index (χ0v) is 20.6. The number of ether oxygens (including phenoxy) is 1. The molecule has 1 N–H and O–H groups in total. The van der Waals surface area contributed by atoms with Gasteiger partial charge < -0.3 is 9.26 Å². The molecular weight excluding hydrogens is 511 g/mol. The molecule has 12 heteroatoms. The summed E-state index contributed by atoms with van der Waals surface area (Å²) < 4.78 is 78.5. The first kappa shape index (κ1) is 24.9. The van der Waals surface area contributed by atoms with E-state index in [0.717, 1.165) is 11.1 Å². The summed E-state index contributed by atoms with van der Waals surface area (Å²) in [4.78, 5) is 12.9. The summed E-state index contributed by atoms with van der Waals surface area (Å²) in [6.07, 6.45) is -2.94. The molecule has 0 amide bonds. The number of anilines is 1. The van der Waals surface area contributed by atoms with Gasteiger partial charge in [-0.15, -0.1) is 0 Å². The second-order valence-corrected chi connectivity index (χ2v) is 10.7. The molecule has 0 spiro atoms. The van der Waals surface area contributed by atoms with Gasteiger partial charge in [0.05, 0.1) is 29.1 Å². The first-order chi connectivity index (χ1) is 17.5. The predicted molar refractivity (Wildman–Crippen MR) is 130 cm³/mol. The van der Waals surface area contributed by atoms with Crippen molar-refractivity contribution >= 4 is 26.7 Å². The number of sulfonamides is 1. The van der Waals surface area contributed by atoms with E-state index in [9.17, 15) is 26.4 Å². The molecule has 0 aliphatic heterocycles. The molecule has 37 heavy (non-hydrogen) atoms. The van der Waals surface area contributed by atoms with Gasteiger partial charge in [0, 0.05) is 17.5 Å². The molecule has 2 heterocycles. The number of benzene rings is 2. The third kappa shape index (κ3) is 4.57. The average Bonchev–Trinajstić information content (AvgIpc) is 3.30. The number of hydrogen-bond acceptors (Lipinski definition) is 6. The average molecular weight is 534 g/mol. The highest BCUT2D eigenvalue weighted by molar-refractivity contribution is 7.92. The molecule has 4 aromatic rings. The van der Waals surface area contributed by atoms with Crippen LogP contribution in [0.1, 0.15) is 29.9 Å². The monoisotopic (exact) mass is 533 g/mol. The van der Waals surface area contributed by atoms with Gasteiger partial charge in [-0.3, -0.25) is 14.1 Å². The number of aromatic nitrogens is 2. The van der Waals surface area contributed by atoms with E-state index in [-0.39, 0.29) is 35.0 Å². The van der Waals surface area contributed by atoms with Crippen LogP contribution >= 0.6 is 0 Å². The lowest BCUT2D eigenvalue weighted by Gasteiger charge is -2.37. The van der Waals surface area contributed by atoms with Gasteiger partial charge in [-0.1, -0.05) is 5.16 Å². The molecule has 1 saturated carbocycles. The number of nitrogens with one attached hydrogen (secondary N) is 1. The third-order valence-corrected chi connectivity index (χ3v) is 8.05. The summed E-state index contributed by atoms with van der Waals surface area (Å²) in [5, 5.41) is 4.02. The molecule has 5 rings (SSSR count). The van der Waals surface area contributed by atoms with Crippen molar-refractivity contribution in [3.05, 3.63) is 76.3 Å². The van der Waals surface area contributed by atoms with Crippen molar-refractivity contribution in [3.63, 3.8) is 0 Å². The van der Waals surface area contributed by atoms with E-state index < -0.39 is 22.1 Å². The number of rotatable bonds is 6. The van der Waals surface area contributed by atoms with Gasteiger partial charge in [0.1, 0.15) is 12.0 Å². The van der Waals surface area contributed by atoms with E-state index in [1.54, 1.807) is 19.1 Å². The molecule has 2 aromatic carbocycles.